The molecular formula is C14H13F3N2. The molecule has 0 fully saturated rings. The summed E-state index contributed by atoms with van der Waals surface area (Å²) in [6, 6.07) is 13.0. The molecule has 0 heterocycles. The van der Waals surface area contributed by atoms with Crippen LogP contribution in [0.1, 0.15) is 11.1 Å². The zero-order chi connectivity index (χ0) is 13.9. The molecule has 0 amide bonds. The van der Waals surface area contributed by atoms with Crippen LogP contribution in [0, 0.1) is 6.92 Å². The number of halogens is 3. The highest BCUT2D eigenvalue weighted by Crippen LogP contribution is 2.36. The van der Waals surface area contributed by atoms with Crippen molar-refractivity contribution in [3.8, 4) is 0 Å². The molecule has 5 heteroatoms. The smallest absolute Gasteiger partial charge is 0.301 e. The first-order valence-corrected chi connectivity index (χ1v) is 5.72. The molecule has 2 rings (SSSR count). The fraction of sp³-hybridized carbons (Fsp3) is 0.143. The Hall–Kier alpha value is -2.17. The molecule has 0 unspecified atom stereocenters. The van der Waals surface area contributed by atoms with Crippen molar-refractivity contribution in [2.24, 2.45) is 0 Å². The van der Waals surface area contributed by atoms with Crippen LogP contribution in [0.3, 0.4) is 0 Å². The minimum Gasteiger partial charge on any atom is -0.301 e. The lowest BCUT2D eigenvalue weighted by Crippen LogP contribution is -2.16. The third-order valence-electron chi connectivity index (χ3n) is 2.68. The average Bonchev–Trinajstić information content (AvgIpc) is 2.37. The highest BCUT2D eigenvalue weighted by atomic mass is 19.4. The van der Waals surface area contributed by atoms with Gasteiger partial charge in [0.1, 0.15) is 0 Å². The lowest BCUT2D eigenvalue weighted by atomic mass is 10.1. The maximum absolute atomic E-state index is 12.9. The van der Waals surface area contributed by atoms with Crippen molar-refractivity contribution in [2.75, 3.05) is 10.9 Å². The molecule has 100 valence electrons. The summed E-state index contributed by atoms with van der Waals surface area (Å²) >= 11 is 0. The first kappa shape index (κ1) is 13.3. The summed E-state index contributed by atoms with van der Waals surface area (Å²) in [7, 11) is 0. The second-order valence-corrected chi connectivity index (χ2v) is 4.11. The van der Waals surface area contributed by atoms with Crippen LogP contribution >= 0.6 is 0 Å². The maximum Gasteiger partial charge on any atom is 0.418 e. The Kier molecular flexibility index (Phi) is 3.64. The van der Waals surface area contributed by atoms with E-state index in [0.29, 0.717) is 11.3 Å². The standard InChI is InChI=1S/C14H13F3N2/c1-10-6-5-9-12(14(15,16)17)13(10)19-18-11-7-3-2-4-8-11/h2-9,18-19H,1H3. The average molecular weight is 266 g/mol. The predicted molar refractivity (Wildman–Crippen MR) is 69.9 cm³/mol. The Morgan fingerprint density at radius 2 is 1.53 bits per heavy atom. The summed E-state index contributed by atoms with van der Waals surface area (Å²) in [5, 5.41) is 0. The number of alkyl halides is 3. The Morgan fingerprint density at radius 3 is 2.16 bits per heavy atom. The number of hydrogen-bond donors (Lipinski definition) is 2. The molecule has 0 aliphatic heterocycles. The van der Waals surface area contributed by atoms with Crippen molar-refractivity contribution in [3.05, 3.63) is 59.7 Å². The van der Waals surface area contributed by atoms with Crippen molar-refractivity contribution < 1.29 is 13.2 Å². The van der Waals surface area contributed by atoms with Crippen molar-refractivity contribution in [1.82, 2.24) is 0 Å². The van der Waals surface area contributed by atoms with E-state index < -0.39 is 11.7 Å². The Morgan fingerprint density at radius 1 is 0.842 bits per heavy atom. The van der Waals surface area contributed by atoms with Gasteiger partial charge in [-0.25, -0.2) is 0 Å². The number of para-hydroxylation sites is 2. The molecule has 0 aromatic heterocycles. The fourth-order valence-corrected chi connectivity index (χ4v) is 1.73. The molecule has 2 aromatic carbocycles. The summed E-state index contributed by atoms with van der Waals surface area (Å²) < 4.78 is 38.7. The van der Waals surface area contributed by atoms with E-state index in [-0.39, 0.29) is 5.69 Å². The lowest BCUT2D eigenvalue weighted by molar-refractivity contribution is -0.137. The Balaban J connectivity index is 2.25. The van der Waals surface area contributed by atoms with Crippen LogP contribution in [0.5, 0.6) is 0 Å². The highest BCUT2D eigenvalue weighted by molar-refractivity contribution is 5.61. The summed E-state index contributed by atoms with van der Waals surface area (Å²) in [5.41, 5.74) is 5.97. The predicted octanol–water partition coefficient (Wildman–Crippen LogP) is 4.45. The van der Waals surface area contributed by atoms with Crippen LogP contribution in [0.2, 0.25) is 0 Å². The van der Waals surface area contributed by atoms with Crippen LogP contribution in [0.15, 0.2) is 48.5 Å². The molecule has 0 atom stereocenters. The van der Waals surface area contributed by atoms with Crippen LogP contribution < -0.4 is 10.9 Å². The molecule has 0 saturated heterocycles. The lowest BCUT2D eigenvalue weighted by Gasteiger charge is -2.17. The molecule has 2 nitrogen and oxygen atoms in total. The summed E-state index contributed by atoms with van der Waals surface area (Å²) in [5.74, 6) is 0. The summed E-state index contributed by atoms with van der Waals surface area (Å²) in [6.07, 6.45) is -4.38. The molecule has 0 bridgehead atoms. The normalized spacial score (nSPS) is 11.2. The van der Waals surface area contributed by atoms with Crippen LogP contribution in [0.25, 0.3) is 0 Å². The number of aryl methyl sites for hydroxylation is 1. The van der Waals surface area contributed by atoms with Crippen molar-refractivity contribution in [2.45, 2.75) is 13.1 Å². The van der Waals surface area contributed by atoms with E-state index in [2.05, 4.69) is 10.9 Å². The van der Waals surface area contributed by atoms with Gasteiger partial charge in [-0.05, 0) is 30.7 Å². The molecular weight excluding hydrogens is 253 g/mol. The SMILES string of the molecule is Cc1cccc(C(F)(F)F)c1NNc1ccccc1. The minimum atomic E-state index is -4.38. The number of rotatable bonds is 3. The zero-order valence-corrected chi connectivity index (χ0v) is 10.3. The number of hydrazine groups is 1. The molecule has 0 radical (unpaired) electrons. The quantitative estimate of drug-likeness (QED) is 0.802. The topological polar surface area (TPSA) is 24.1 Å². The second kappa shape index (κ2) is 5.22. The van der Waals surface area contributed by atoms with E-state index in [4.69, 9.17) is 0 Å². The highest BCUT2D eigenvalue weighted by Gasteiger charge is 2.33. The van der Waals surface area contributed by atoms with Crippen molar-refractivity contribution in [1.29, 1.82) is 0 Å². The van der Waals surface area contributed by atoms with Crippen LogP contribution in [-0.2, 0) is 6.18 Å². The molecule has 0 spiro atoms. The van der Waals surface area contributed by atoms with E-state index in [1.165, 1.54) is 6.07 Å². The van der Waals surface area contributed by atoms with Crippen molar-refractivity contribution >= 4 is 11.4 Å². The number of hydrogen-bond acceptors (Lipinski definition) is 2. The Bertz CT molecular complexity index is 550. The Labute approximate surface area is 109 Å². The van der Waals surface area contributed by atoms with Gasteiger partial charge in [0.05, 0.1) is 16.9 Å². The molecule has 19 heavy (non-hydrogen) atoms. The van der Waals surface area contributed by atoms with Gasteiger partial charge in [-0.3, -0.25) is 0 Å². The maximum atomic E-state index is 12.9. The molecule has 2 aromatic rings. The molecule has 2 N–H and O–H groups in total. The van der Waals surface area contributed by atoms with Gasteiger partial charge in [0.15, 0.2) is 0 Å². The first-order valence-electron chi connectivity index (χ1n) is 5.72. The van der Waals surface area contributed by atoms with Crippen LogP contribution in [-0.4, -0.2) is 0 Å². The number of anilines is 2. The van der Waals surface area contributed by atoms with Gasteiger partial charge in [-0.15, -0.1) is 0 Å². The van der Waals surface area contributed by atoms with Crippen LogP contribution in [0.4, 0.5) is 24.5 Å². The molecule has 0 aliphatic rings. The van der Waals surface area contributed by atoms with Gasteiger partial charge in [0.2, 0.25) is 0 Å². The van der Waals surface area contributed by atoms with Gasteiger partial charge in [0.25, 0.3) is 0 Å². The van der Waals surface area contributed by atoms with E-state index in [1.54, 1.807) is 37.3 Å². The fourth-order valence-electron chi connectivity index (χ4n) is 1.73. The third kappa shape index (κ3) is 3.19. The van der Waals surface area contributed by atoms with Gasteiger partial charge in [-0.2, -0.15) is 13.2 Å². The first-order chi connectivity index (χ1) is 8.98. The second-order valence-electron chi connectivity index (χ2n) is 4.11. The monoisotopic (exact) mass is 266 g/mol. The molecule has 0 aliphatic carbocycles. The number of nitrogens with one attached hydrogen (secondary N) is 2. The van der Waals surface area contributed by atoms with Gasteiger partial charge in [-0.1, -0.05) is 30.3 Å². The zero-order valence-electron chi connectivity index (χ0n) is 10.3. The summed E-state index contributed by atoms with van der Waals surface area (Å²) in [6.45, 7) is 1.63. The van der Waals surface area contributed by atoms with Gasteiger partial charge < -0.3 is 10.9 Å². The molecule has 0 saturated carbocycles. The minimum absolute atomic E-state index is 0.0406. The van der Waals surface area contributed by atoms with E-state index in [9.17, 15) is 13.2 Å². The van der Waals surface area contributed by atoms with Crippen molar-refractivity contribution in [3.63, 3.8) is 0 Å². The van der Waals surface area contributed by atoms with Gasteiger partial charge >= 0.3 is 6.18 Å². The van der Waals surface area contributed by atoms with Gasteiger partial charge in [0, 0.05) is 0 Å². The third-order valence-corrected chi connectivity index (χ3v) is 2.68. The summed E-state index contributed by atoms with van der Waals surface area (Å²) in [4.78, 5) is 0. The van der Waals surface area contributed by atoms with E-state index in [1.807, 2.05) is 6.07 Å². The number of benzene rings is 2. The van der Waals surface area contributed by atoms with E-state index in [0.717, 1.165) is 6.07 Å². The largest absolute Gasteiger partial charge is 0.418 e. The van der Waals surface area contributed by atoms with E-state index >= 15 is 0 Å².